The van der Waals surface area contributed by atoms with E-state index in [1.807, 2.05) is 0 Å². The van der Waals surface area contributed by atoms with Gasteiger partial charge in [0.05, 0.1) is 6.20 Å². The van der Waals surface area contributed by atoms with E-state index in [0.29, 0.717) is 6.04 Å². The first-order valence-corrected chi connectivity index (χ1v) is 6.83. The number of aryl methyl sites for hydroxylation is 1. The van der Waals surface area contributed by atoms with Crippen LogP contribution in [0.25, 0.3) is 0 Å². The summed E-state index contributed by atoms with van der Waals surface area (Å²) in [5.41, 5.74) is 1.17. The Bertz CT molecular complexity index is 343. The molecule has 17 heavy (non-hydrogen) atoms. The lowest BCUT2D eigenvalue weighted by Crippen LogP contribution is -2.26. The zero-order valence-electron chi connectivity index (χ0n) is 10.9. The van der Waals surface area contributed by atoms with Crippen LogP contribution in [0.3, 0.4) is 0 Å². The van der Waals surface area contributed by atoms with Crippen molar-refractivity contribution in [2.24, 2.45) is 5.92 Å². The highest BCUT2D eigenvalue weighted by molar-refractivity contribution is 5.36. The minimum Gasteiger partial charge on any atom is -0.366 e. The van der Waals surface area contributed by atoms with Gasteiger partial charge in [0.15, 0.2) is 0 Å². The van der Waals surface area contributed by atoms with Gasteiger partial charge in [0, 0.05) is 6.04 Å². The van der Waals surface area contributed by atoms with Crippen molar-refractivity contribution in [2.45, 2.75) is 58.4 Å². The van der Waals surface area contributed by atoms with Crippen LogP contribution in [-0.4, -0.2) is 16.2 Å². The molecule has 0 spiro atoms. The maximum atomic E-state index is 4.13. The monoisotopic (exact) mass is 233 g/mol. The van der Waals surface area contributed by atoms with Gasteiger partial charge in [-0.2, -0.15) is 5.10 Å². The molecule has 0 saturated heterocycles. The number of rotatable bonds is 4. The Morgan fingerprint density at radius 2 is 2.06 bits per heavy atom. The molecule has 0 radical (unpaired) electrons. The Balaban J connectivity index is 1.82. The summed E-state index contributed by atoms with van der Waals surface area (Å²) in [5, 5.41) is 11.6. The van der Waals surface area contributed by atoms with E-state index in [1.54, 1.807) is 6.20 Å². The van der Waals surface area contributed by atoms with Crippen molar-refractivity contribution in [2.75, 3.05) is 5.32 Å². The van der Waals surface area contributed by atoms with E-state index < -0.39 is 0 Å². The normalized spacial score (nSPS) is 24.6. The standard InChI is InChI=1S/C14H23N3/c1-3-4-12-5-7-13(8-6-12)16-14-9-11(2)10-15-17-14/h9-10,12-13H,3-8H2,1-2H3,(H,16,17). The van der Waals surface area contributed by atoms with Gasteiger partial charge in [-0.05, 0) is 50.2 Å². The second-order valence-electron chi connectivity index (χ2n) is 5.27. The highest BCUT2D eigenvalue weighted by Crippen LogP contribution is 2.29. The van der Waals surface area contributed by atoms with Crippen LogP contribution in [0.1, 0.15) is 51.0 Å². The van der Waals surface area contributed by atoms with Crippen LogP contribution in [0.15, 0.2) is 12.3 Å². The minimum absolute atomic E-state index is 0.596. The predicted molar refractivity (Wildman–Crippen MR) is 71.0 cm³/mol. The van der Waals surface area contributed by atoms with Crippen molar-refractivity contribution in [1.29, 1.82) is 0 Å². The van der Waals surface area contributed by atoms with Gasteiger partial charge in [0.1, 0.15) is 5.82 Å². The lowest BCUT2D eigenvalue weighted by atomic mass is 9.83. The van der Waals surface area contributed by atoms with Gasteiger partial charge in [-0.1, -0.05) is 19.8 Å². The molecular weight excluding hydrogens is 210 g/mol. The maximum Gasteiger partial charge on any atom is 0.149 e. The summed E-state index contributed by atoms with van der Waals surface area (Å²) in [4.78, 5) is 0. The van der Waals surface area contributed by atoms with E-state index in [9.17, 15) is 0 Å². The molecule has 1 aliphatic carbocycles. The third-order valence-electron chi connectivity index (χ3n) is 3.69. The minimum atomic E-state index is 0.596. The topological polar surface area (TPSA) is 37.8 Å². The molecule has 1 fully saturated rings. The van der Waals surface area contributed by atoms with E-state index >= 15 is 0 Å². The van der Waals surface area contributed by atoms with Crippen LogP contribution >= 0.6 is 0 Å². The molecule has 0 bridgehead atoms. The Morgan fingerprint density at radius 1 is 1.29 bits per heavy atom. The smallest absolute Gasteiger partial charge is 0.149 e. The summed E-state index contributed by atoms with van der Waals surface area (Å²) in [6.45, 7) is 4.34. The van der Waals surface area contributed by atoms with Crippen LogP contribution in [0.4, 0.5) is 5.82 Å². The summed E-state index contributed by atoms with van der Waals surface area (Å²) in [6.07, 6.45) is 9.81. The van der Waals surface area contributed by atoms with Gasteiger partial charge in [-0.25, -0.2) is 0 Å². The summed E-state index contributed by atoms with van der Waals surface area (Å²) in [7, 11) is 0. The van der Waals surface area contributed by atoms with E-state index in [1.165, 1.54) is 44.1 Å². The Morgan fingerprint density at radius 3 is 2.71 bits per heavy atom. The number of hydrogen-bond acceptors (Lipinski definition) is 3. The quantitative estimate of drug-likeness (QED) is 0.864. The van der Waals surface area contributed by atoms with Crippen molar-refractivity contribution in [3.63, 3.8) is 0 Å². The second kappa shape index (κ2) is 5.99. The fourth-order valence-corrected chi connectivity index (χ4v) is 2.75. The molecular formula is C14H23N3. The molecule has 0 unspecified atom stereocenters. The van der Waals surface area contributed by atoms with Crippen molar-refractivity contribution in [1.82, 2.24) is 10.2 Å². The molecule has 0 aromatic carbocycles. The third-order valence-corrected chi connectivity index (χ3v) is 3.69. The molecule has 1 aromatic rings. The van der Waals surface area contributed by atoms with E-state index in [-0.39, 0.29) is 0 Å². The fraction of sp³-hybridized carbons (Fsp3) is 0.714. The van der Waals surface area contributed by atoms with E-state index in [2.05, 4.69) is 35.4 Å². The Kier molecular flexibility index (Phi) is 4.35. The van der Waals surface area contributed by atoms with Crippen molar-refractivity contribution >= 4 is 5.82 Å². The number of nitrogens with zero attached hydrogens (tertiary/aromatic N) is 2. The second-order valence-corrected chi connectivity index (χ2v) is 5.27. The molecule has 1 aliphatic rings. The number of nitrogens with one attached hydrogen (secondary N) is 1. The van der Waals surface area contributed by atoms with Crippen molar-refractivity contribution in [3.05, 3.63) is 17.8 Å². The van der Waals surface area contributed by atoms with Gasteiger partial charge in [0.25, 0.3) is 0 Å². The zero-order valence-corrected chi connectivity index (χ0v) is 10.9. The van der Waals surface area contributed by atoms with Crippen LogP contribution in [0.2, 0.25) is 0 Å². The van der Waals surface area contributed by atoms with Gasteiger partial charge in [-0.3, -0.25) is 0 Å². The highest BCUT2D eigenvalue weighted by atomic mass is 15.2. The lowest BCUT2D eigenvalue weighted by molar-refractivity contribution is 0.318. The average Bonchev–Trinajstić information content (AvgIpc) is 2.32. The van der Waals surface area contributed by atoms with Crippen LogP contribution in [0.5, 0.6) is 0 Å². The highest BCUT2D eigenvalue weighted by Gasteiger charge is 2.20. The molecule has 3 heteroatoms. The fourth-order valence-electron chi connectivity index (χ4n) is 2.75. The molecule has 1 heterocycles. The van der Waals surface area contributed by atoms with Crippen LogP contribution in [-0.2, 0) is 0 Å². The molecule has 94 valence electrons. The molecule has 1 saturated carbocycles. The number of aromatic nitrogens is 2. The van der Waals surface area contributed by atoms with E-state index in [0.717, 1.165) is 11.7 Å². The lowest BCUT2D eigenvalue weighted by Gasteiger charge is -2.29. The van der Waals surface area contributed by atoms with Crippen LogP contribution in [0, 0.1) is 12.8 Å². The van der Waals surface area contributed by atoms with Gasteiger partial charge >= 0.3 is 0 Å². The molecule has 0 atom stereocenters. The molecule has 3 nitrogen and oxygen atoms in total. The molecule has 1 aromatic heterocycles. The number of anilines is 1. The molecule has 1 N–H and O–H groups in total. The van der Waals surface area contributed by atoms with Crippen molar-refractivity contribution < 1.29 is 0 Å². The maximum absolute atomic E-state index is 4.13. The third kappa shape index (κ3) is 3.69. The first-order chi connectivity index (χ1) is 8.28. The predicted octanol–water partition coefficient (Wildman–Crippen LogP) is 3.56. The Hall–Kier alpha value is -1.12. The SMILES string of the molecule is CCCC1CCC(Nc2cc(C)cnn2)CC1. The summed E-state index contributed by atoms with van der Waals surface area (Å²) in [6, 6.07) is 2.67. The van der Waals surface area contributed by atoms with Gasteiger partial charge in [-0.15, -0.1) is 5.10 Å². The average molecular weight is 233 g/mol. The first-order valence-electron chi connectivity index (χ1n) is 6.83. The summed E-state index contributed by atoms with van der Waals surface area (Å²) < 4.78 is 0. The largest absolute Gasteiger partial charge is 0.366 e. The summed E-state index contributed by atoms with van der Waals surface area (Å²) >= 11 is 0. The Labute approximate surface area is 104 Å². The molecule has 0 amide bonds. The van der Waals surface area contributed by atoms with E-state index in [4.69, 9.17) is 0 Å². The first kappa shape index (κ1) is 12.3. The summed E-state index contributed by atoms with van der Waals surface area (Å²) in [5.74, 6) is 1.89. The number of hydrogen-bond donors (Lipinski definition) is 1. The van der Waals surface area contributed by atoms with Crippen LogP contribution < -0.4 is 5.32 Å². The molecule has 2 rings (SSSR count). The zero-order chi connectivity index (χ0) is 12.1. The molecule has 0 aliphatic heterocycles. The van der Waals surface area contributed by atoms with Crippen molar-refractivity contribution in [3.8, 4) is 0 Å². The van der Waals surface area contributed by atoms with Gasteiger partial charge in [0.2, 0.25) is 0 Å². The van der Waals surface area contributed by atoms with Gasteiger partial charge < -0.3 is 5.32 Å².